The maximum atomic E-state index is 11.9. The summed E-state index contributed by atoms with van der Waals surface area (Å²) in [6.45, 7) is 6.94. The van der Waals surface area contributed by atoms with Gasteiger partial charge in [-0.3, -0.25) is 4.79 Å². The predicted octanol–water partition coefficient (Wildman–Crippen LogP) is 1.18. The molecule has 3 N–H and O–H groups in total. The number of ketones is 1. The molecule has 4 heteroatoms. The van der Waals surface area contributed by atoms with Crippen molar-refractivity contribution in [3.8, 4) is 0 Å². The van der Waals surface area contributed by atoms with Gasteiger partial charge in [-0.15, -0.1) is 0 Å². The highest BCUT2D eigenvalue weighted by Crippen LogP contribution is 2.48. The quantitative estimate of drug-likeness (QED) is 0.667. The van der Waals surface area contributed by atoms with Crippen molar-refractivity contribution in [2.75, 3.05) is 0 Å². The van der Waals surface area contributed by atoms with Gasteiger partial charge in [-0.05, 0) is 50.7 Å². The lowest BCUT2D eigenvalue weighted by Gasteiger charge is -2.32. The van der Waals surface area contributed by atoms with Gasteiger partial charge in [0.05, 0.1) is 17.3 Å². The van der Waals surface area contributed by atoms with E-state index in [9.17, 15) is 20.1 Å². The second kappa shape index (κ2) is 4.40. The van der Waals surface area contributed by atoms with Crippen LogP contribution in [-0.2, 0) is 4.79 Å². The van der Waals surface area contributed by atoms with Crippen LogP contribution in [0.25, 0.3) is 0 Å². The minimum absolute atomic E-state index is 0.0183. The Hall–Kier alpha value is -0.710. The van der Waals surface area contributed by atoms with E-state index in [1.54, 1.807) is 20.8 Å². The molecule has 4 atom stereocenters. The van der Waals surface area contributed by atoms with Crippen LogP contribution in [0.3, 0.4) is 0 Å². The van der Waals surface area contributed by atoms with Crippen molar-refractivity contribution in [2.24, 2.45) is 11.8 Å². The van der Waals surface area contributed by atoms with Gasteiger partial charge in [0.15, 0.2) is 5.78 Å². The molecule has 0 bridgehead atoms. The van der Waals surface area contributed by atoms with E-state index in [1.165, 1.54) is 0 Å². The highest BCUT2D eigenvalue weighted by Gasteiger charge is 2.51. The van der Waals surface area contributed by atoms with E-state index >= 15 is 0 Å². The van der Waals surface area contributed by atoms with Crippen LogP contribution in [0.15, 0.2) is 11.1 Å². The van der Waals surface area contributed by atoms with Crippen LogP contribution in [0.1, 0.15) is 47.0 Å². The Labute approximate surface area is 114 Å². The molecule has 108 valence electrons. The Morgan fingerprint density at radius 3 is 2.47 bits per heavy atom. The Morgan fingerprint density at radius 2 is 1.95 bits per heavy atom. The monoisotopic (exact) mass is 268 g/mol. The average Bonchev–Trinajstić information content (AvgIpc) is 2.40. The zero-order valence-electron chi connectivity index (χ0n) is 12.1. The minimum Gasteiger partial charge on any atom is -0.393 e. The molecule has 1 saturated carbocycles. The fourth-order valence-corrected chi connectivity index (χ4v) is 3.58. The molecule has 0 aromatic rings. The minimum atomic E-state index is -1.14. The zero-order valence-corrected chi connectivity index (χ0v) is 12.1. The molecule has 0 amide bonds. The summed E-state index contributed by atoms with van der Waals surface area (Å²) < 4.78 is 0. The van der Waals surface area contributed by atoms with Crippen LogP contribution in [-0.4, -0.2) is 38.4 Å². The second-order valence-corrected chi connectivity index (χ2v) is 6.80. The van der Waals surface area contributed by atoms with Gasteiger partial charge < -0.3 is 15.3 Å². The maximum absolute atomic E-state index is 11.9. The first-order valence-corrected chi connectivity index (χ1v) is 6.93. The Bertz CT molecular complexity index is 432. The van der Waals surface area contributed by atoms with Gasteiger partial charge in [0.2, 0.25) is 0 Å². The lowest BCUT2D eigenvalue weighted by atomic mass is 9.80. The number of carbonyl (C=O) groups is 1. The normalized spacial score (nSPS) is 40.4. The fraction of sp³-hybridized carbons (Fsp3) is 0.800. The molecule has 2 rings (SSSR count). The molecule has 4 nitrogen and oxygen atoms in total. The first-order chi connectivity index (χ1) is 8.57. The number of fused-ring (bicyclic) bond motifs is 1. The first kappa shape index (κ1) is 14.7. The molecule has 0 aromatic heterocycles. The highest BCUT2D eigenvalue weighted by molar-refractivity contribution is 6.00. The summed E-state index contributed by atoms with van der Waals surface area (Å²) in [7, 11) is 0. The third kappa shape index (κ3) is 2.26. The third-order valence-electron chi connectivity index (χ3n) is 5.03. The molecule has 2 aliphatic rings. The number of hydrogen-bond donors (Lipinski definition) is 3. The van der Waals surface area contributed by atoms with Gasteiger partial charge in [0.1, 0.15) is 0 Å². The Kier molecular flexibility index (Phi) is 3.40. The predicted molar refractivity (Wildman–Crippen MR) is 71.5 cm³/mol. The van der Waals surface area contributed by atoms with Crippen LogP contribution in [0, 0.1) is 11.8 Å². The number of aliphatic hydroxyl groups is 3. The molecule has 0 aliphatic heterocycles. The van der Waals surface area contributed by atoms with E-state index in [4.69, 9.17) is 0 Å². The molecule has 0 saturated heterocycles. The Balaban J connectivity index is 2.47. The average molecular weight is 268 g/mol. The van der Waals surface area contributed by atoms with Gasteiger partial charge >= 0.3 is 0 Å². The SMILES string of the molecule is CC1=C2CC(C(C)(C)O)C(O)CC(C)C2(O)CC1=O. The molecular weight excluding hydrogens is 244 g/mol. The van der Waals surface area contributed by atoms with E-state index in [0.29, 0.717) is 24.0 Å². The molecule has 4 unspecified atom stereocenters. The number of aliphatic hydroxyl groups excluding tert-OH is 1. The van der Waals surface area contributed by atoms with Gasteiger partial charge in [-0.25, -0.2) is 0 Å². The first-order valence-electron chi connectivity index (χ1n) is 6.93. The smallest absolute Gasteiger partial charge is 0.161 e. The molecule has 0 radical (unpaired) electrons. The van der Waals surface area contributed by atoms with Crippen LogP contribution in [0.4, 0.5) is 0 Å². The number of rotatable bonds is 1. The molecule has 0 heterocycles. The van der Waals surface area contributed by atoms with Crippen molar-refractivity contribution in [3.63, 3.8) is 0 Å². The summed E-state index contributed by atoms with van der Waals surface area (Å²) >= 11 is 0. The maximum Gasteiger partial charge on any atom is 0.161 e. The number of allylic oxidation sites excluding steroid dienone is 1. The summed E-state index contributed by atoms with van der Waals surface area (Å²) in [4.78, 5) is 11.9. The zero-order chi connectivity index (χ0) is 14.6. The number of Topliss-reactive ketones (excluding diaryl/α,β-unsaturated/α-hetero) is 1. The van der Waals surface area contributed by atoms with Crippen LogP contribution in [0.2, 0.25) is 0 Å². The number of hydrogen-bond acceptors (Lipinski definition) is 4. The van der Waals surface area contributed by atoms with Crippen molar-refractivity contribution in [1.29, 1.82) is 0 Å². The van der Waals surface area contributed by atoms with E-state index in [0.717, 1.165) is 0 Å². The van der Waals surface area contributed by atoms with Crippen molar-refractivity contribution in [3.05, 3.63) is 11.1 Å². The van der Waals surface area contributed by atoms with Crippen LogP contribution < -0.4 is 0 Å². The summed E-state index contributed by atoms with van der Waals surface area (Å²) in [6, 6.07) is 0. The standard InChI is InChI=1S/C15H24O4/c1-8-5-12(16)11(14(3,4)18)6-10-9(2)13(17)7-15(8,10)19/h8,11-12,16,18-19H,5-7H2,1-4H3. The second-order valence-electron chi connectivity index (χ2n) is 6.80. The van der Waals surface area contributed by atoms with Gasteiger partial charge in [-0.1, -0.05) is 6.92 Å². The summed E-state index contributed by atoms with van der Waals surface area (Å²) in [5.74, 6) is -0.568. The molecular formula is C15H24O4. The highest BCUT2D eigenvalue weighted by atomic mass is 16.3. The topological polar surface area (TPSA) is 77.8 Å². The largest absolute Gasteiger partial charge is 0.393 e. The summed E-state index contributed by atoms with van der Waals surface area (Å²) in [6.07, 6.45) is 0.221. The van der Waals surface area contributed by atoms with Crippen LogP contribution >= 0.6 is 0 Å². The van der Waals surface area contributed by atoms with Crippen molar-refractivity contribution >= 4 is 5.78 Å². The summed E-state index contributed by atoms with van der Waals surface area (Å²) in [5, 5.41) is 31.4. The van der Waals surface area contributed by atoms with E-state index < -0.39 is 17.3 Å². The van der Waals surface area contributed by atoms with Crippen molar-refractivity contribution in [2.45, 2.75) is 64.3 Å². The summed E-state index contributed by atoms with van der Waals surface area (Å²) in [5.41, 5.74) is -0.850. The molecule has 1 fully saturated rings. The lowest BCUT2D eigenvalue weighted by Crippen LogP contribution is -2.39. The van der Waals surface area contributed by atoms with E-state index in [1.807, 2.05) is 6.92 Å². The van der Waals surface area contributed by atoms with Crippen LogP contribution in [0.5, 0.6) is 0 Å². The molecule has 2 aliphatic carbocycles. The lowest BCUT2D eigenvalue weighted by molar-refractivity contribution is -0.118. The molecule has 0 spiro atoms. The van der Waals surface area contributed by atoms with E-state index in [2.05, 4.69) is 0 Å². The molecule has 19 heavy (non-hydrogen) atoms. The number of carbonyl (C=O) groups excluding carboxylic acids is 1. The van der Waals surface area contributed by atoms with Gasteiger partial charge in [0.25, 0.3) is 0 Å². The Morgan fingerprint density at radius 1 is 1.37 bits per heavy atom. The molecule has 0 aromatic carbocycles. The van der Waals surface area contributed by atoms with Crippen molar-refractivity contribution in [1.82, 2.24) is 0 Å². The van der Waals surface area contributed by atoms with Gasteiger partial charge in [-0.2, -0.15) is 0 Å². The van der Waals surface area contributed by atoms with Crippen molar-refractivity contribution < 1.29 is 20.1 Å². The van der Waals surface area contributed by atoms with E-state index in [-0.39, 0.29) is 24.0 Å². The van der Waals surface area contributed by atoms with Gasteiger partial charge in [0, 0.05) is 12.3 Å². The fourth-order valence-electron chi connectivity index (χ4n) is 3.58. The third-order valence-corrected chi connectivity index (χ3v) is 5.03.